The molecule has 21 heavy (non-hydrogen) atoms. The molecule has 0 saturated carbocycles. The van der Waals surface area contributed by atoms with Gasteiger partial charge in [0.2, 0.25) is 4.77 Å². The number of aromatic amines is 1. The van der Waals surface area contributed by atoms with Crippen molar-refractivity contribution in [3.63, 3.8) is 0 Å². The molecule has 0 radical (unpaired) electrons. The van der Waals surface area contributed by atoms with Crippen LogP contribution in [0.1, 0.15) is 32.2 Å². The van der Waals surface area contributed by atoms with Gasteiger partial charge in [-0.25, -0.2) is 0 Å². The predicted molar refractivity (Wildman–Crippen MR) is 83.8 cm³/mol. The number of H-pyrrole nitrogens is 1. The summed E-state index contributed by atoms with van der Waals surface area (Å²) in [5.74, 6) is 1.47. The smallest absolute Gasteiger partial charge is 0.216 e. The lowest BCUT2D eigenvalue weighted by Crippen LogP contribution is -2.17. The fourth-order valence-corrected chi connectivity index (χ4v) is 1.95. The Morgan fingerprint density at radius 2 is 2.14 bits per heavy atom. The van der Waals surface area contributed by atoms with Gasteiger partial charge >= 0.3 is 0 Å². The van der Waals surface area contributed by atoms with Crippen molar-refractivity contribution < 1.29 is 9.84 Å². The molecule has 2 N–H and O–H groups in total. The van der Waals surface area contributed by atoms with Crippen LogP contribution in [0, 0.1) is 4.77 Å². The standard InChI is InChI=1S/C14H18N4O2S/c1-14(2,3)12-16-17-13(21)18(12)15-8-9-7-10(20-4)5-6-11(9)19/h5-8,19H,1-4H3,(H,17,21)/b15-8+. The summed E-state index contributed by atoms with van der Waals surface area (Å²) in [5, 5.41) is 21.1. The van der Waals surface area contributed by atoms with Crippen LogP contribution in [-0.2, 0) is 5.41 Å². The molecular formula is C14H18N4O2S. The largest absolute Gasteiger partial charge is 0.507 e. The number of hydrogen-bond donors (Lipinski definition) is 2. The van der Waals surface area contributed by atoms with Gasteiger partial charge in [-0.3, -0.25) is 5.10 Å². The molecule has 0 saturated heterocycles. The van der Waals surface area contributed by atoms with Crippen molar-refractivity contribution >= 4 is 18.4 Å². The zero-order valence-corrected chi connectivity index (χ0v) is 13.2. The van der Waals surface area contributed by atoms with Crippen molar-refractivity contribution in [1.29, 1.82) is 0 Å². The highest BCUT2D eigenvalue weighted by atomic mass is 32.1. The van der Waals surface area contributed by atoms with E-state index in [9.17, 15) is 5.11 Å². The van der Waals surface area contributed by atoms with E-state index in [4.69, 9.17) is 17.0 Å². The van der Waals surface area contributed by atoms with E-state index < -0.39 is 0 Å². The number of methoxy groups -OCH3 is 1. The number of phenols is 1. The minimum absolute atomic E-state index is 0.117. The minimum Gasteiger partial charge on any atom is -0.507 e. The van der Waals surface area contributed by atoms with E-state index >= 15 is 0 Å². The van der Waals surface area contributed by atoms with Crippen LogP contribution in [0.3, 0.4) is 0 Å². The molecule has 0 amide bonds. The summed E-state index contributed by atoms with van der Waals surface area (Å²) in [5.41, 5.74) is 0.332. The molecule has 0 aliphatic rings. The number of hydrogen-bond acceptors (Lipinski definition) is 5. The normalized spacial score (nSPS) is 12.0. The second-order valence-corrected chi connectivity index (χ2v) is 5.97. The number of phenolic OH excluding ortho intramolecular Hbond substituents is 1. The van der Waals surface area contributed by atoms with E-state index in [2.05, 4.69) is 15.3 Å². The highest BCUT2D eigenvalue weighted by molar-refractivity contribution is 7.71. The number of nitrogens with one attached hydrogen (secondary N) is 1. The van der Waals surface area contributed by atoms with Crippen molar-refractivity contribution in [1.82, 2.24) is 14.9 Å². The fourth-order valence-electron chi connectivity index (χ4n) is 1.77. The Morgan fingerprint density at radius 1 is 1.43 bits per heavy atom. The Balaban J connectivity index is 2.43. The van der Waals surface area contributed by atoms with Crippen LogP contribution in [0.4, 0.5) is 0 Å². The van der Waals surface area contributed by atoms with Gasteiger partial charge in [0, 0.05) is 11.0 Å². The van der Waals surface area contributed by atoms with Crippen molar-refractivity contribution in [2.75, 3.05) is 7.11 Å². The molecule has 0 spiro atoms. The van der Waals surface area contributed by atoms with Crippen LogP contribution in [0.15, 0.2) is 23.3 Å². The number of aromatic hydroxyl groups is 1. The maximum atomic E-state index is 9.85. The first-order chi connectivity index (χ1) is 9.82. The highest BCUT2D eigenvalue weighted by Crippen LogP contribution is 2.22. The molecule has 0 atom stereocenters. The van der Waals surface area contributed by atoms with Crippen LogP contribution < -0.4 is 4.74 Å². The third kappa shape index (κ3) is 3.30. The molecule has 7 heteroatoms. The third-order valence-corrected chi connectivity index (χ3v) is 3.13. The molecule has 2 rings (SSSR count). The second kappa shape index (κ2) is 5.69. The summed E-state index contributed by atoms with van der Waals surface area (Å²) < 4.78 is 7.08. The van der Waals surface area contributed by atoms with E-state index in [0.29, 0.717) is 21.9 Å². The molecular weight excluding hydrogens is 288 g/mol. The van der Waals surface area contributed by atoms with Crippen molar-refractivity contribution in [3.8, 4) is 11.5 Å². The van der Waals surface area contributed by atoms with Gasteiger partial charge < -0.3 is 9.84 Å². The van der Waals surface area contributed by atoms with Gasteiger partial charge in [0.15, 0.2) is 5.82 Å². The summed E-state index contributed by atoms with van der Waals surface area (Å²) in [6.45, 7) is 6.06. The number of nitrogens with zero attached hydrogens (tertiary/aromatic N) is 3. The summed E-state index contributed by atoms with van der Waals surface area (Å²) in [6.07, 6.45) is 1.53. The molecule has 112 valence electrons. The first kappa shape index (κ1) is 15.2. The van der Waals surface area contributed by atoms with E-state index in [-0.39, 0.29) is 11.2 Å². The molecule has 1 aromatic heterocycles. The van der Waals surface area contributed by atoms with Gasteiger partial charge in [0.1, 0.15) is 11.5 Å². The lowest BCUT2D eigenvalue weighted by molar-refractivity contribution is 0.412. The number of aromatic nitrogens is 3. The van der Waals surface area contributed by atoms with Gasteiger partial charge in [-0.2, -0.15) is 14.9 Å². The average Bonchev–Trinajstić information content (AvgIpc) is 2.79. The van der Waals surface area contributed by atoms with Crippen molar-refractivity contribution in [2.45, 2.75) is 26.2 Å². The van der Waals surface area contributed by atoms with Gasteiger partial charge in [-0.1, -0.05) is 20.8 Å². The van der Waals surface area contributed by atoms with Gasteiger partial charge in [0.05, 0.1) is 13.3 Å². The molecule has 0 bridgehead atoms. The number of rotatable bonds is 3. The fraction of sp³-hybridized carbons (Fsp3) is 0.357. The van der Waals surface area contributed by atoms with Crippen LogP contribution >= 0.6 is 12.2 Å². The molecule has 1 aromatic carbocycles. The monoisotopic (exact) mass is 306 g/mol. The quantitative estimate of drug-likeness (QED) is 0.675. The Bertz CT molecular complexity index is 725. The lowest BCUT2D eigenvalue weighted by atomic mass is 9.96. The molecule has 0 aliphatic heterocycles. The van der Waals surface area contributed by atoms with Gasteiger partial charge in [-0.05, 0) is 30.4 Å². The van der Waals surface area contributed by atoms with Crippen LogP contribution in [0.25, 0.3) is 0 Å². The lowest BCUT2D eigenvalue weighted by Gasteiger charge is -2.15. The van der Waals surface area contributed by atoms with E-state index in [1.165, 1.54) is 6.21 Å². The van der Waals surface area contributed by atoms with E-state index in [1.807, 2.05) is 20.8 Å². The molecule has 1 heterocycles. The average molecular weight is 306 g/mol. The van der Waals surface area contributed by atoms with E-state index in [1.54, 1.807) is 30.0 Å². The van der Waals surface area contributed by atoms with Gasteiger partial charge in [0.25, 0.3) is 0 Å². The molecule has 0 fully saturated rings. The Hall–Kier alpha value is -2.15. The minimum atomic E-state index is -0.207. The van der Waals surface area contributed by atoms with Crippen molar-refractivity contribution in [3.05, 3.63) is 34.4 Å². The molecule has 6 nitrogen and oxygen atoms in total. The van der Waals surface area contributed by atoms with Gasteiger partial charge in [-0.15, -0.1) is 0 Å². The van der Waals surface area contributed by atoms with Crippen molar-refractivity contribution in [2.24, 2.45) is 5.10 Å². The van der Waals surface area contributed by atoms with Crippen LogP contribution in [-0.4, -0.2) is 33.3 Å². The number of benzene rings is 1. The maximum Gasteiger partial charge on any atom is 0.216 e. The Kier molecular flexibility index (Phi) is 4.13. The Morgan fingerprint density at radius 3 is 2.76 bits per heavy atom. The SMILES string of the molecule is COc1ccc(O)c(/C=N/n2c(C(C)(C)C)n[nH]c2=S)c1. The zero-order chi connectivity index (χ0) is 15.6. The van der Waals surface area contributed by atoms with Crippen LogP contribution in [0.2, 0.25) is 0 Å². The summed E-state index contributed by atoms with van der Waals surface area (Å²) >= 11 is 5.18. The number of ether oxygens (including phenoxy) is 1. The third-order valence-electron chi connectivity index (χ3n) is 2.87. The molecule has 0 unspecified atom stereocenters. The molecule has 2 aromatic rings. The highest BCUT2D eigenvalue weighted by Gasteiger charge is 2.21. The predicted octanol–water partition coefficient (Wildman–Crippen LogP) is 2.83. The summed E-state index contributed by atoms with van der Waals surface area (Å²) in [7, 11) is 1.57. The summed E-state index contributed by atoms with van der Waals surface area (Å²) in [6, 6.07) is 4.93. The Labute approximate surface area is 128 Å². The molecule has 0 aliphatic carbocycles. The zero-order valence-electron chi connectivity index (χ0n) is 12.4. The topological polar surface area (TPSA) is 75.4 Å². The first-order valence-corrected chi connectivity index (χ1v) is 6.83. The second-order valence-electron chi connectivity index (χ2n) is 5.58. The summed E-state index contributed by atoms with van der Waals surface area (Å²) in [4.78, 5) is 0. The van der Waals surface area contributed by atoms with Crippen LogP contribution in [0.5, 0.6) is 11.5 Å². The first-order valence-electron chi connectivity index (χ1n) is 6.42. The van der Waals surface area contributed by atoms with E-state index in [0.717, 1.165) is 0 Å². The maximum absolute atomic E-state index is 9.85.